The lowest BCUT2D eigenvalue weighted by Gasteiger charge is -2.14. The van der Waals surface area contributed by atoms with Crippen LogP contribution in [0.5, 0.6) is 5.75 Å². The van der Waals surface area contributed by atoms with E-state index in [-0.39, 0.29) is 5.91 Å². The molecule has 0 saturated carbocycles. The highest BCUT2D eigenvalue weighted by molar-refractivity contribution is 6.04. The van der Waals surface area contributed by atoms with Crippen LogP contribution in [0.25, 0.3) is 0 Å². The second-order valence-corrected chi connectivity index (χ2v) is 7.79. The van der Waals surface area contributed by atoms with Gasteiger partial charge in [-0.2, -0.15) is 0 Å². The van der Waals surface area contributed by atoms with E-state index in [9.17, 15) is 4.79 Å². The van der Waals surface area contributed by atoms with Gasteiger partial charge in [-0.25, -0.2) is 0 Å². The fourth-order valence-electron chi connectivity index (χ4n) is 3.26. The quantitative estimate of drug-likeness (QED) is 0.596. The van der Waals surface area contributed by atoms with Gasteiger partial charge in [0.1, 0.15) is 12.4 Å². The van der Waals surface area contributed by atoms with Crippen LogP contribution in [-0.4, -0.2) is 36.4 Å². The fourth-order valence-corrected chi connectivity index (χ4v) is 3.26. The zero-order valence-corrected chi connectivity index (χ0v) is 18.1. The van der Waals surface area contributed by atoms with Crippen LogP contribution in [0.2, 0.25) is 0 Å². The van der Waals surface area contributed by atoms with Crippen LogP contribution in [0.4, 0.5) is 5.69 Å². The van der Waals surface area contributed by atoms with Crippen LogP contribution in [0.1, 0.15) is 32.6 Å². The van der Waals surface area contributed by atoms with Gasteiger partial charge in [0.25, 0.3) is 5.91 Å². The van der Waals surface area contributed by atoms with Gasteiger partial charge in [0.05, 0.1) is 0 Å². The van der Waals surface area contributed by atoms with Gasteiger partial charge >= 0.3 is 0 Å². The molecule has 2 aromatic carbocycles. The molecule has 30 heavy (non-hydrogen) atoms. The first kappa shape index (κ1) is 21.5. The van der Waals surface area contributed by atoms with Crippen molar-refractivity contribution < 1.29 is 9.53 Å². The van der Waals surface area contributed by atoms with Crippen molar-refractivity contribution in [3.05, 3.63) is 88.7 Å². The van der Waals surface area contributed by atoms with Gasteiger partial charge in [-0.1, -0.05) is 18.2 Å². The predicted octanol–water partition coefficient (Wildman–Crippen LogP) is 4.63. The first-order valence-electron chi connectivity index (χ1n) is 10.1. The van der Waals surface area contributed by atoms with Gasteiger partial charge in [-0.3, -0.25) is 9.78 Å². The third-order valence-electron chi connectivity index (χ3n) is 4.89. The molecule has 1 heterocycles. The molecule has 156 valence electrons. The molecule has 0 saturated heterocycles. The van der Waals surface area contributed by atoms with Crippen molar-refractivity contribution >= 4 is 11.6 Å². The Labute approximate surface area is 178 Å². The van der Waals surface area contributed by atoms with Crippen molar-refractivity contribution in [3.8, 4) is 5.75 Å². The van der Waals surface area contributed by atoms with Crippen molar-refractivity contribution in [2.45, 2.75) is 26.9 Å². The molecule has 1 amide bonds. The molecule has 5 nitrogen and oxygen atoms in total. The zero-order valence-electron chi connectivity index (χ0n) is 18.1. The molecule has 5 heteroatoms. The van der Waals surface area contributed by atoms with Gasteiger partial charge in [-0.15, -0.1) is 0 Å². The summed E-state index contributed by atoms with van der Waals surface area (Å²) in [5.74, 6) is 0.682. The number of hydrogen-bond acceptors (Lipinski definition) is 4. The van der Waals surface area contributed by atoms with Crippen LogP contribution in [0.15, 0.2) is 60.9 Å². The van der Waals surface area contributed by atoms with Crippen molar-refractivity contribution in [1.82, 2.24) is 9.88 Å². The minimum atomic E-state index is -0.124. The number of carbonyl (C=O) groups is 1. The molecule has 0 unspecified atom stereocenters. The monoisotopic (exact) mass is 403 g/mol. The normalized spacial score (nSPS) is 10.8. The van der Waals surface area contributed by atoms with Gasteiger partial charge in [0.15, 0.2) is 0 Å². The smallest absolute Gasteiger partial charge is 0.255 e. The molecule has 0 fully saturated rings. The van der Waals surface area contributed by atoms with Gasteiger partial charge < -0.3 is 15.0 Å². The summed E-state index contributed by atoms with van der Waals surface area (Å²) in [5, 5.41) is 2.98. The summed E-state index contributed by atoms with van der Waals surface area (Å²) in [6.45, 7) is 5.37. The Kier molecular flexibility index (Phi) is 7.20. The van der Waals surface area contributed by atoms with E-state index in [1.165, 1.54) is 5.56 Å². The Hall–Kier alpha value is -3.18. The highest BCUT2D eigenvalue weighted by Gasteiger charge is 2.12. The van der Waals surface area contributed by atoms with Gasteiger partial charge in [0.2, 0.25) is 0 Å². The first-order chi connectivity index (χ1) is 14.4. The first-order valence-corrected chi connectivity index (χ1v) is 10.1. The molecule has 0 bridgehead atoms. The van der Waals surface area contributed by atoms with Crippen molar-refractivity contribution in [3.63, 3.8) is 0 Å². The Morgan fingerprint density at radius 3 is 2.33 bits per heavy atom. The maximum atomic E-state index is 12.7. The number of nitrogens with one attached hydrogen (secondary N) is 1. The third-order valence-corrected chi connectivity index (χ3v) is 4.89. The average molecular weight is 404 g/mol. The van der Waals surface area contributed by atoms with E-state index in [1.807, 2.05) is 50.2 Å². The Balaban J connectivity index is 1.64. The van der Waals surface area contributed by atoms with Crippen molar-refractivity contribution in [2.75, 3.05) is 26.0 Å². The molecule has 1 N–H and O–H groups in total. The zero-order chi connectivity index (χ0) is 21.5. The SMILES string of the molecule is Cc1cc(C(=O)Nc2ccc(CCN(C)C)cc2)cc(C)c1OCc1cccnc1. The van der Waals surface area contributed by atoms with E-state index in [4.69, 9.17) is 4.74 Å². The number of likely N-dealkylation sites (N-methyl/N-ethyl adjacent to an activating group) is 1. The number of amides is 1. The number of rotatable bonds is 8. The number of benzene rings is 2. The Bertz CT molecular complexity index is 960. The van der Waals surface area contributed by atoms with Crippen LogP contribution in [0, 0.1) is 13.8 Å². The summed E-state index contributed by atoms with van der Waals surface area (Å²) in [5.41, 5.74) is 5.54. The lowest BCUT2D eigenvalue weighted by atomic mass is 10.0. The standard InChI is InChI=1S/C25H29N3O2/c1-18-14-22(15-19(2)24(18)30-17-21-6-5-12-26-16-21)25(29)27-23-9-7-20(8-10-23)11-13-28(3)4/h5-10,12,14-16H,11,13,17H2,1-4H3,(H,27,29). The van der Waals surface area contributed by atoms with Crippen molar-refractivity contribution in [2.24, 2.45) is 0 Å². The van der Waals surface area contributed by atoms with Crippen LogP contribution in [-0.2, 0) is 13.0 Å². The van der Waals surface area contributed by atoms with Crippen LogP contribution in [0.3, 0.4) is 0 Å². The molecule has 0 aliphatic carbocycles. The molecule has 0 aliphatic rings. The highest BCUT2D eigenvalue weighted by Crippen LogP contribution is 2.26. The topological polar surface area (TPSA) is 54.5 Å². The second-order valence-electron chi connectivity index (χ2n) is 7.79. The van der Waals surface area contributed by atoms with Crippen LogP contribution < -0.4 is 10.1 Å². The molecule has 3 aromatic rings. The molecule has 3 rings (SSSR count). The van der Waals surface area contributed by atoms with E-state index in [0.717, 1.165) is 41.1 Å². The fraction of sp³-hybridized carbons (Fsp3) is 0.280. The van der Waals surface area contributed by atoms with E-state index < -0.39 is 0 Å². The number of anilines is 1. The average Bonchev–Trinajstić information content (AvgIpc) is 2.73. The molecule has 0 radical (unpaired) electrons. The van der Waals surface area contributed by atoms with Gasteiger partial charge in [0, 0.05) is 35.8 Å². The maximum absolute atomic E-state index is 12.7. The Morgan fingerprint density at radius 1 is 1.03 bits per heavy atom. The number of pyridine rings is 1. The number of ether oxygens (including phenoxy) is 1. The molecule has 0 aliphatic heterocycles. The van der Waals surface area contributed by atoms with Gasteiger partial charge in [-0.05, 0) is 81.4 Å². The number of carbonyl (C=O) groups excluding carboxylic acids is 1. The van der Waals surface area contributed by atoms with E-state index in [0.29, 0.717) is 12.2 Å². The summed E-state index contributed by atoms with van der Waals surface area (Å²) < 4.78 is 5.98. The summed E-state index contributed by atoms with van der Waals surface area (Å²) >= 11 is 0. The lowest BCUT2D eigenvalue weighted by molar-refractivity contribution is 0.102. The minimum Gasteiger partial charge on any atom is -0.488 e. The molecule has 0 atom stereocenters. The maximum Gasteiger partial charge on any atom is 0.255 e. The van der Waals surface area contributed by atoms with E-state index in [2.05, 4.69) is 41.4 Å². The Morgan fingerprint density at radius 2 is 1.73 bits per heavy atom. The predicted molar refractivity (Wildman–Crippen MR) is 121 cm³/mol. The summed E-state index contributed by atoms with van der Waals surface area (Å²) in [4.78, 5) is 19.0. The molecule has 1 aromatic heterocycles. The number of nitrogens with zero attached hydrogens (tertiary/aromatic N) is 2. The number of aromatic nitrogens is 1. The number of hydrogen-bond donors (Lipinski definition) is 1. The lowest BCUT2D eigenvalue weighted by Crippen LogP contribution is -2.15. The van der Waals surface area contributed by atoms with Crippen LogP contribution >= 0.6 is 0 Å². The molecular weight excluding hydrogens is 374 g/mol. The van der Waals surface area contributed by atoms with E-state index >= 15 is 0 Å². The third kappa shape index (κ3) is 5.91. The summed E-state index contributed by atoms with van der Waals surface area (Å²) in [6, 6.07) is 15.6. The second kappa shape index (κ2) is 10.0. The highest BCUT2D eigenvalue weighted by atomic mass is 16.5. The minimum absolute atomic E-state index is 0.124. The summed E-state index contributed by atoms with van der Waals surface area (Å²) in [6.07, 6.45) is 4.52. The van der Waals surface area contributed by atoms with Crippen molar-refractivity contribution in [1.29, 1.82) is 0 Å². The van der Waals surface area contributed by atoms with E-state index in [1.54, 1.807) is 12.4 Å². The largest absolute Gasteiger partial charge is 0.488 e. The molecule has 0 spiro atoms. The molecular formula is C25H29N3O2. The number of aryl methyl sites for hydroxylation is 2. The summed E-state index contributed by atoms with van der Waals surface area (Å²) in [7, 11) is 4.13.